The Hall–Kier alpha value is -3.62. The summed E-state index contributed by atoms with van der Waals surface area (Å²) in [4.78, 5) is 26.4. The number of aromatic amines is 1. The number of carbonyl (C=O) groups excluding carboxylic acids is 1. The third-order valence-corrected chi connectivity index (χ3v) is 6.93. The summed E-state index contributed by atoms with van der Waals surface area (Å²) in [5, 5.41) is 8.64. The van der Waals surface area contributed by atoms with E-state index < -0.39 is 0 Å². The van der Waals surface area contributed by atoms with Crippen molar-refractivity contribution in [2.75, 3.05) is 25.5 Å². The summed E-state index contributed by atoms with van der Waals surface area (Å²) >= 11 is 0. The van der Waals surface area contributed by atoms with Crippen LogP contribution >= 0.6 is 0 Å². The number of methoxy groups -OCH3 is 1. The van der Waals surface area contributed by atoms with Crippen molar-refractivity contribution in [2.24, 2.45) is 11.8 Å². The molecule has 9 nitrogen and oxygen atoms in total. The lowest BCUT2D eigenvalue weighted by Gasteiger charge is -2.18. The fourth-order valence-electron chi connectivity index (χ4n) is 5.39. The van der Waals surface area contributed by atoms with E-state index in [1.54, 1.807) is 20.2 Å². The average molecular weight is 432 g/mol. The van der Waals surface area contributed by atoms with Crippen LogP contribution < -0.4 is 10.1 Å². The molecule has 0 spiro atoms. The predicted molar refractivity (Wildman–Crippen MR) is 121 cm³/mol. The topological polar surface area (TPSA) is 100 Å². The number of nitrogens with one attached hydrogen (secondary N) is 2. The van der Waals surface area contributed by atoms with Crippen molar-refractivity contribution in [3.63, 3.8) is 0 Å². The predicted octanol–water partition coefficient (Wildman–Crippen LogP) is 2.95. The molecule has 1 amide bonds. The summed E-state index contributed by atoms with van der Waals surface area (Å²) in [7, 11) is 1.64. The average Bonchev–Trinajstić information content (AvgIpc) is 3.54. The third-order valence-electron chi connectivity index (χ3n) is 6.93. The molecule has 0 radical (unpaired) electrons. The summed E-state index contributed by atoms with van der Waals surface area (Å²) in [5.41, 5.74) is 3.80. The van der Waals surface area contributed by atoms with Crippen LogP contribution in [0.15, 0.2) is 36.8 Å². The van der Waals surface area contributed by atoms with Gasteiger partial charge in [0.2, 0.25) is 17.7 Å². The van der Waals surface area contributed by atoms with Gasteiger partial charge in [0.05, 0.1) is 18.0 Å². The molecule has 164 valence electrons. The molecule has 1 saturated carbocycles. The maximum Gasteiger partial charge on any atom is 0.228 e. The van der Waals surface area contributed by atoms with E-state index in [0.29, 0.717) is 29.7 Å². The number of aromatic nitrogens is 5. The molecule has 1 unspecified atom stereocenters. The minimum atomic E-state index is 0.178. The van der Waals surface area contributed by atoms with E-state index >= 15 is 0 Å². The number of hydrogen-bond acceptors (Lipinski definition) is 6. The number of pyridine rings is 1. The Morgan fingerprint density at radius 1 is 1.22 bits per heavy atom. The van der Waals surface area contributed by atoms with Crippen LogP contribution in [0.2, 0.25) is 0 Å². The van der Waals surface area contributed by atoms with Crippen LogP contribution in [0.1, 0.15) is 19.8 Å². The zero-order chi connectivity index (χ0) is 21.8. The normalized spacial score (nSPS) is 22.6. The van der Waals surface area contributed by atoms with Crippen LogP contribution in [-0.2, 0) is 4.79 Å². The molecule has 9 heteroatoms. The Bertz CT molecular complexity index is 1310. The highest BCUT2D eigenvalue weighted by Crippen LogP contribution is 2.40. The zero-order valence-corrected chi connectivity index (χ0v) is 18.1. The molecule has 0 bridgehead atoms. The zero-order valence-electron chi connectivity index (χ0n) is 18.1. The number of amides is 1. The van der Waals surface area contributed by atoms with Gasteiger partial charge in [0, 0.05) is 50.2 Å². The number of nitrogens with zero attached hydrogens (tertiary/aromatic N) is 5. The van der Waals surface area contributed by atoms with Crippen molar-refractivity contribution in [3.05, 3.63) is 36.8 Å². The van der Waals surface area contributed by atoms with Gasteiger partial charge in [-0.3, -0.25) is 4.79 Å². The maximum atomic E-state index is 11.7. The lowest BCUT2D eigenvalue weighted by atomic mass is 10.0. The highest BCUT2D eigenvalue weighted by Gasteiger charge is 2.41. The van der Waals surface area contributed by atoms with E-state index in [1.165, 1.54) is 0 Å². The monoisotopic (exact) mass is 431 g/mol. The van der Waals surface area contributed by atoms with E-state index in [9.17, 15) is 4.79 Å². The minimum absolute atomic E-state index is 0.178. The van der Waals surface area contributed by atoms with Crippen molar-refractivity contribution in [3.8, 4) is 17.0 Å². The molecule has 32 heavy (non-hydrogen) atoms. The van der Waals surface area contributed by atoms with Crippen LogP contribution in [0, 0.1) is 11.8 Å². The standard InChI is InChI=1S/C23H25N7O2/c1-13(31)29-11-15-7-17(8-16(15)12-29)26-23-27-21-20(22(28-23)32-2)19(10-24-21)14-4-6-30-18(9-14)3-5-25-30/h3-6,9-10,15-17H,7-8,11-12H2,1-2H3,(H2,24,26,27,28)/t15-,16+,17?. The Balaban J connectivity index is 1.27. The fourth-order valence-corrected chi connectivity index (χ4v) is 5.39. The highest BCUT2D eigenvalue weighted by molar-refractivity contribution is 5.98. The lowest BCUT2D eigenvalue weighted by molar-refractivity contribution is -0.128. The Morgan fingerprint density at radius 3 is 2.78 bits per heavy atom. The number of anilines is 1. The van der Waals surface area contributed by atoms with E-state index in [2.05, 4.69) is 26.4 Å². The van der Waals surface area contributed by atoms with Gasteiger partial charge in [-0.05, 0) is 48.4 Å². The number of rotatable bonds is 4. The first-order valence-corrected chi connectivity index (χ1v) is 11.0. The number of likely N-dealkylation sites (tertiary alicyclic amines) is 1. The molecule has 5 heterocycles. The Labute approximate surface area is 184 Å². The summed E-state index contributed by atoms with van der Waals surface area (Å²) in [6.45, 7) is 3.39. The first-order chi connectivity index (χ1) is 15.6. The lowest BCUT2D eigenvalue weighted by Crippen LogP contribution is -2.29. The second-order valence-electron chi connectivity index (χ2n) is 8.86. The molecule has 1 saturated heterocycles. The van der Waals surface area contributed by atoms with E-state index in [0.717, 1.165) is 53.6 Å². The van der Waals surface area contributed by atoms with Gasteiger partial charge < -0.3 is 19.9 Å². The molecule has 4 aromatic rings. The molecular formula is C23H25N7O2. The first kappa shape index (κ1) is 19.1. The van der Waals surface area contributed by atoms with Crippen molar-refractivity contribution in [1.82, 2.24) is 29.5 Å². The molecular weight excluding hydrogens is 406 g/mol. The van der Waals surface area contributed by atoms with Crippen molar-refractivity contribution < 1.29 is 9.53 Å². The number of ether oxygens (including phenoxy) is 1. The number of H-pyrrole nitrogens is 1. The SMILES string of the molecule is COc1nc(NC2C[C@@H]3CN(C(C)=O)C[C@@H]3C2)nc2[nH]cc(-c3ccn4nccc4c3)c12. The van der Waals surface area contributed by atoms with Gasteiger partial charge in [0.15, 0.2) is 0 Å². The van der Waals surface area contributed by atoms with Crippen LogP contribution in [0.5, 0.6) is 5.88 Å². The second kappa shape index (κ2) is 7.22. The molecule has 1 aliphatic heterocycles. The van der Waals surface area contributed by atoms with Crippen LogP contribution in [0.3, 0.4) is 0 Å². The highest BCUT2D eigenvalue weighted by atomic mass is 16.5. The Kier molecular flexibility index (Phi) is 4.31. The van der Waals surface area contributed by atoms with Crippen LogP contribution in [-0.4, -0.2) is 61.6 Å². The molecule has 0 aromatic carbocycles. The van der Waals surface area contributed by atoms with E-state index in [1.807, 2.05) is 33.9 Å². The van der Waals surface area contributed by atoms with E-state index in [4.69, 9.17) is 9.72 Å². The second-order valence-corrected chi connectivity index (χ2v) is 8.86. The van der Waals surface area contributed by atoms with Crippen molar-refractivity contribution >= 4 is 28.4 Å². The van der Waals surface area contributed by atoms with Gasteiger partial charge in [0.1, 0.15) is 5.65 Å². The van der Waals surface area contributed by atoms with Gasteiger partial charge in [-0.15, -0.1) is 0 Å². The quantitative estimate of drug-likeness (QED) is 0.515. The fraction of sp³-hybridized carbons (Fsp3) is 0.391. The molecule has 1 aliphatic carbocycles. The molecule has 3 atom stereocenters. The van der Waals surface area contributed by atoms with E-state index in [-0.39, 0.29) is 5.91 Å². The smallest absolute Gasteiger partial charge is 0.228 e. The molecule has 4 aromatic heterocycles. The molecule has 2 aliphatic rings. The van der Waals surface area contributed by atoms with Gasteiger partial charge in [-0.1, -0.05) is 0 Å². The van der Waals surface area contributed by atoms with Gasteiger partial charge in [-0.25, -0.2) is 4.52 Å². The van der Waals surface area contributed by atoms with Crippen molar-refractivity contribution in [2.45, 2.75) is 25.8 Å². The van der Waals surface area contributed by atoms with Crippen LogP contribution in [0.25, 0.3) is 27.7 Å². The maximum absolute atomic E-state index is 11.7. The summed E-state index contributed by atoms with van der Waals surface area (Å²) < 4.78 is 7.50. The minimum Gasteiger partial charge on any atom is -0.480 e. The van der Waals surface area contributed by atoms with Crippen molar-refractivity contribution in [1.29, 1.82) is 0 Å². The van der Waals surface area contributed by atoms with Gasteiger partial charge in [-0.2, -0.15) is 15.1 Å². The first-order valence-electron chi connectivity index (χ1n) is 11.0. The largest absolute Gasteiger partial charge is 0.480 e. The van der Waals surface area contributed by atoms with Gasteiger partial charge in [0.25, 0.3) is 0 Å². The van der Waals surface area contributed by atoms with Crippen LogP contribution in [0.4, 0.5) is 5.95 Å². The molecule has 6 rings (SSSR count). The number of hydrogen-bond donors (Lipinski definition) is 2. The molecule has 2 fully saturated rings. The van der Waals surface area contributed by atoms with Gasteiger partial charge >= 0.3 is 0 Å². The molecule has 2 N–H and O–H groups in total. The summed E-state index contributed by atoms with van der Waals surface area (Å²) in [6.07, 6.45) is 7.73. The summed E-state index contributed by atoms with van der Waals surface area (Å²) in [5.74, 6) is 2.40. The number of carbonyl (C=O) groups is 1. The summed E-state index contributed by atoms with van der Waals surface area (Å²) in [6, 6.07) is 6.39. The Morgan fingerprint density at radius 2 is 2.03 bits per heavy atom. The number of fused-ring (bicyclic) bond motifs is 3. The third kappa shape index (κ3) is 3.07.